The molecule has 9 heteroatoms. The van der Waals surface area contributed by atoms with E-state index >= 15 is 0 Å². The summed E-state index contributed by atoms with van der Waals surface area (Å²) < 4.78 is 26.3. The van der Waals surface area contributed by atoms with Crippen LogP contribution in [0.4, 0.5) is 0 Å². The van der Waals surface area contributed by atoms with E-state index in [1.165, 1.54) is 29.1 Å². The van der Waals surface area contributed by atoms with E-state index in [-0.39, 0.29) is 29.8 Å². The summed E-state index contributed by atoms with van der Waals surface area (Å²) in [6, 6.07) is 9.74. The van der Waals surface area contributed by atoms with E-state index in [0.717, 1.165) is 10.7 Å². The van der Waals surface area contributed by atoms with Gasteiger partial charge < -0.3 is 10.6 Å². The minimum absolute atomic E-state index is 0.0716. The van der Waals surface area contributed by atoms with Gasteiger partial charge >= 0.3 is 0 Å². The predicted molar refractivity (Wildman–Crippen MR) is 98.6 cm³/mol. The lowest BCUT2D eigenvalue weighted by Crippen LogP contribution is -2.49. The molecule has 2 amide bonds. The summed E-state index contributed by atoms with van der Waals surface area (Å²) in [7, 11) is -3.74. The summed E-state index contributed by atoms with van der Waals surface area (Å²) >= 11 is 1.64. The van der Waals surface area contributed by atoms with Crippen LogP contribution < -0.4 is 10.6 Å². The van der Waals surface area contributed by atoms with Gasteiger partial charge in [0.25, 0.3) is 5.91 Å². The van der Waals surface area contributed by atoms with Crippen molar-refractivity contribution in [2.75, 3.05) is 26.2 Å². The first-order valence-corrected chi connectivity index (χ1v) is 10.5. The molecule has 0 saturated carbocycles. The lowest BCUT2D eigenvalue weighted by Gasteiger charge is -2.25. The summed E-state index contributed by atoms with van der Waals surface area (Å²) in [6.07, 6.45) is 0.757. The number of hydrogen-bond acceptors (Lipinski definition) is 5. The number of carbonyl (C=O) groups excluding carboxylic acids is 2. The smallest absolute Gasteiger partial charge is 0.251 e. The number of carbonyl (C=O) groups is 2. The average molecular weight is 393 g/mol. The molecule has 3 rings (SSSR count). The fourth-order valence-corrected chi connectivity index (χ4v) is 4.71. The summed E-state index contributed by atoms with van der Waals surface area (Å²) in [4.78, 5) is 24.8. The number of piperazine rings is 1. The van der Waals surface area contributed by atoms with Gasteiger partial charge in [-0.1, -0.05) is 6.07 Å². The van der Waals surface area contributed by atoms with Crippen LogP contribution in [0.1, 0.15) is 15.2 Å². The predicted octanol–water partition coefficient (Wildman–Crippen LogP) is 0.841. The molecule has 1 saturated heterocycles. The van der Waals surface area contributed by atoms with Crippen molar-refractivity contribution in [1.82, 2.24) is 14.9 Å². The standard InChI is InChI=1S/C17H19N3O4S2/c21-16-12-20(10-9-18-16)26(23,24)15-5-3-13(4-6-15)17(22)19-8-7-14-2-1-11-25-14/h1-6,11H,7-10,12H2,(H,18,21)(H,19,22). The summed E-state index contributed by atoms with van der Waals surface area (Å²) in [6.45, 7) is 0.859. The van der Waals surface area contributed by atoms with Gasteiger partial charge in [-0.3, -0.25) is 9.59 Å². The van der Waals surface area contributed by atoms with Crippen molar-refractivity contribution in [2.45, 2.75) is 11.3 Å². The highest BCUT2D eigenvalue weighted by Crippen LogP contribution is 2.17. The van der Waals surface area contributed by atoms with Gasteiger partial charge in [-0.2, -0.15) is 4.31 Å². The van der Waals surface area contributed by atoms with E-state index in [0.29, 0.717) is 18.7 Å². The highest BCUT2D eigenvalue weighted by molar-refractivity contribution is 7.89. The Hall–Kier alpha value is -2.23. The lowest BCUT2D eigenvalue weighted by molar-refractivity contribution is -0.122. The topological polar surface area (TPSA) is 95.6 Å². The third-order valence-electron chi connectivity index (χ3n) is 3.99. The Bertz CT molecular complexity index is 877. The maximum Gasteiger partial charge on any atom is 0.251 e. The van der Waals surface area contributed by atoms with E-state index < -0.39 is 10.0 Å². The van der Waals surface area contributed by atoms with Crippen molar-refractivity contribution < 1.29 is 18.0 Å². The van der Waals surface area contributed by atoms with Gasteiger partial charge in [-0.25, -0.2) is 8.42 Å². The Morgan fingerprint density at radius 3 is 2.65 bits per heavy atom. The van der Waals surface area contributed by atoms with Crippen LogP contribution in [0.2, 0.25) is 0 Å². The Morgan fingerprint density at radius 2 is 2.00 bits per heavy atom. The molecule has 1 aromatic carbocycles. The van der Waals surface area contributed by atoms with Crippen LogP contribution in [0.25, 0.3) is 0 Å². The molecule has 0 unspecified atom stereocenters. The van der Waals surface area contributed by atoms with Crippen molar-refractivity contribution in [3.63, 3.8) is 0 Å². The van der Waals surface area contributed by atoms with E-state index in [1.54, 1.807) is 11.3 Å². The maximum atomic E-state index is 12.6. The SMILES string of the molecule is O=C1CN(S(=O)(=O)c2ccc(C(=O)NCCc3cccs3)cc2)CCN1. The normalized spacial score (nSPS) is 15.5. The second-order valence-corrected chi connectivity index (χ2v) is 8.77. The van der Waals surface area contributed by atoms with Crippen molar-refractivity contribution in [3.8, 4) is 0 Å². The van der Waals surface area contributed by atoms with E-state index in [1.807, 2.05) is 17.5 Å². The average Bonchev–Trinajstić information content (AvgIpc) is 3.15. The van der Waals surface area contributed by atoms with Gasteiger partial charge in [-0.15, -0.1) is 11.3 Å². The molecule has 0 spiro atoms. The number of sulfonamides is 1. The summed E-state index contributed by atoms with van der Waals surface area (Å²) in [5, 5.41) is 7.40. The maximum absolute atomic E-state index is 12.6. The highest BCUT2D eigenvalue weighted by Gasteiger charge is 2.29. The molecule has 2 aromatic rings. The molecule has 2 N–H and O–H groups in total. The van der Waals surface area contributed by atoms with Gasteiger partial charge in [0.2, 0.25) is 15.9 Å². The number of hydrogen-bond donors (Lipinski definition) is 2. The third kappa shape index (κ3) is 4.29. The van der Waals surface area contributed by atoms with Crippen LogP contribution in [0.15, 0.2) is 46.7 Å². The molecule has 26 heavy (non-hydrogen) atoms. The van der Waals surface area contributed by atoms with Crippen molar-refractivity contribution in [2.24, 2.45) is 0 Å². The van der Waals surface area contributed by atoms with E-state index in [9.17, 15) is 18.0 Å². The quantitative estimate of drug-likeness (QED) is 0.760. The van der Waals surface area contributed by atoms with Crippen molar-refractivity contribution in [1.29, 1.82) is 0 Å². The van der Waals surface area contributed by atoms with Crippen LogP contribution in [-0.2, 0) is 21.2 Å². The zero-order valence-corrected chi connectivity index (χ0v) is 15.6. The molecule has 0 bridgehead atoms. The van der Waals surface area contributed by atoms with Gasteiger partial charge in [0.1, 0.15) is 0 Å². The molecule has 1 aliphatic heterocycles. The lowest BCUT2D eigenvalue weighted by atomic mass is 10.2. The zero-order chi connectivity index (χ0) is 18.6. The number of rotatable bonds is 6. The third-order valence-corrected chi connectivity index (χ3v) is 6.79. The van der Waals surface area contributed by atoms with Crippen LogP contribution in [0.5, 0.6) is 0 Å². The molecule has 2 heterocycles. The van der Waals surface area contributed by atoms with Gasteiger partial charge in [0.15, 0.2) is 0 Å². The largest absolute Gasteiger partial charge is 0.354 e. The second-order valence-electron chi connectivity index (χ2n) is 5.80. The number of nitrogens with zero attached hydrogens (tertiary/aromatic N) is 1. The first-order chi connectivity index (χ1) is 12.5. The molecule has 0 radical (unpaired) electrons. The molecular weight excluding hydrogens is 374 g/mol. The van der Waals surface area contributed by atoms with Crippen molar-refractivity contribution >= 4 is 33.2 Å². The highest BCUT2D eigenvalue weighted by atomic mass is 32.2. The van der Waals surface area contributed by atoms with Crippen LogP contribution >= 0.6 is 11.3 Å². The number of benzene rings is 1. The molecule has 1 fully saturated rings. The van der Waals surface area contributed by atoms with E-state index in [2.05, 4.69) is 10.6 Å². The van der Waals surface area contributed by atoms with Crippen LogP contribution in [-0.4, -0.2) is 50.7 Å². The molecule has 138 valence electrons. The molecule has 1 aromatic heterocycles. The minimum Gasteiger partial charge on any atom is -0.354 e. The molecular formula is C17H19N3O4S2. The molecule has 0 atom stereocenters. The number of thiophene rings is 1. The zero-order valence-electron chi connectivity index (χ0n) is 14.0. The fraction of sp³-hybridized carbons (Fsp3) is 0.294. The van der Waals surface area contributed by atoms with Crippen LogP contribution in [0, 0.1) is 0 Å². The van der Waals surface area contributed by atoms with Gasteiger partial charge in [0.05, 0.1) is 11.4 Å². The second kappa shape index (κ2) is 7.98. The Balaban J connectivity index is 1.62. The Labute approximate surface area is 156 Å². The first-order valence-electron chi connectivity index (χ1n) is 8.14. The summed E-state index contributed by atoms with van der Waals surface area (Å²) in [5.41, 5.74) is 0.395. The monoisotopic (exact) mass is 393 g/mol. The van der Waals surface area contributed by atoms with Gasteiger partial charge in [0, 0.05) is 30.1 Å². The van der Waals surface area contributed by atoms with E-state index in [4.69, 9.17) is 0 Å². The molecule has 1 aliphatic rings. The molecule has 7 nitrogen and oxygen atoms in total. The Morgan fingerprint density at radius 1 is 1.23 bits per heavy atom. The number of nitrogens with one attached hydrogen (secondary N) is 2. The fourth-order valence-electron chi connectivity index (χ4n) is 2.60. The van der Waals surface area contributed by atoms with Crippen molar-refractivity contribution in [3.05, 3.63) is 52.2 Å². The Kier molecular flexibility index (Phi) is 5.70. The minimum atomic E-state index is -3.74. The molecule has 0 aliphatic carbocycles. The first kappa shape index (κ1) is 18.6. The number of amides is 2. The van der Waals surface area contributed by atoms with Crippen LogP contribution in [0.3, 0.4) is 0 Å². The summed E-state index contributed by atoms with van der Waals surface area (Å²) in [5.74, 6) is -0.565. The van der Waals surface area contributed by atoms with Gasteiger partial charge in [-0.05, 0) is 42.1 Å².